The second-order valence-corrected chi connectivity index (χ2v) is 4.45. The molecule has 2 rings (SSSR count). The van der Waals surface area contributed by atoms with E-state index in [4.69, 9.17) is 4.74 Å². The largest absolute Gasteiger partial charge is 0.454 e. The van der Waals surface area contributed by atoms with Crippen LogP contribution in [0.3, 0.4) is 0 Å². The average molecular weight is 260 g/mol. The molecule has 0 unspecified atom stereocenters. The molecule has 19 heavy (non-hydrogen) atoms. The van der Waals surface area contributed by atoms with Gasteiger partial charge in [0.05, 0.1) is 6.10 Å². The molecule has 0 amide bonds. The molecular formula is C16H17FO2. The highest BCUT2D eigenvalue weighted by Gasteiger charge is 2.14. The van der Waals surface area contributed by atoms with E-state index < -0.39 is 6.10 Å². The van der Waals surface area contributed by atoms with Gasteiger partial charge >= 0.3 is 0 Å². The summed E-state index contributed by atoms with van der Waals surface area (Å²) >= 11 is 0. The summed E-state index contributed by atoms with van der Waals surface area (Å²) in [6, 6.07) is 12.2. The van der Waals surface area contributed by atoms with Gasteiger partial charge in [0.25, 0.3) is 0 Å². The Kier molecular flexibility index (Phi) is 4.17. The van der Waals surface area contributed by atoms with Crippen molar-refractivity contribution in [2.75, 3.05) is 0 Å². The third-order valence-corrected chi connectivity index (χ3v) is 3.04. The minimum Gasteiger partial charge on any atom is -0.454 e. The number of aliphatic hydroxyl groups is 1. The number of aliphatic hydroxyl groups excluding tert-OH is 1. The Morgan fingerprint density at radius 1 is 1.11 bits per heavy atom. The highest BCUT2D eigenvalue weighted by molar-refractivity contribution is 5.40. The standard InChI is InChI=1S/C16H17FO2/c1-3-13(18)12-8-4-5-9-14(12)19-15-10-6-7-11(2)16(15)17/h4-10,13,18H,3H2,1-2H3/t13-/m0/s1. The summed E-state index contributed by atoms with van der Waals surface area (Å²) in [4.78, 5) is 0. The predicted molar refractivity (Wildman–Crippen MR) is 72.9 cm³/mol. The number of halogens is 1. The molecule has 0 aromatic heterocycles. The quantitative estimate of drug-likeness (QED) is 0.884. The van der Waals surface area contributed by atoms with Gasteiger partial charge in [-0.3, -0.25) is 0 Å². The maximum atomic E-state index is 13.9. The lowest BCUT2D eigenvalue weighted by atomic mass is 10.1. The highest BCUT2D eigenvalue weighted by Crippen LogP contribution is 2.32. The fraction of sp³-hybridized carbons (Fsp3) is 0.250. The Morgan fingerprint density at radius 2 is 1.79 bits per heavy atom. The van der Waals surface area contributed by atoms with Crippen molar-refractivity contribution in [3.05, 3.63) is 59.4 Å². The second-order valence-electron chi connectivity index (χ2n) is 4.45. The molecule has 3 heteroatoms. The van der Waals surface area contributed by atoms with Crippen LogP contribution in [0.2, 0.25) is 0 Å². The smallest absolute Gasteiger partial charge is 0.168 e. The molecule has 0 fully saturated rings. The minimum absolute atomic E-state index is 0.177. The van der Waals surface area contributed by atoms with Crippen molar-refractivity contribution >= 4 is 0 Å². The van der Waals surface area contributed by atoms with Crippen molar-refractivity contribution in [3.8, 4) is 11.5 Å². The lowest BCUT2D eigenvalue weighted by molar-refractivity contribution is 0.170. The van der Waals surface area contributed by atoms with Crippen molar-refractivity contribution in [1.29, 1.82) is 0 Å². The lowest BCUT2D eigenvalue weighted by Gasteiger charge is -2.15. The molecule has 2 aromatic carbocycles. The molecule has 0 bridgehead atoms. The molecule has 0 radical (unpaired) electrons. The van der Waals surface area contributed by atoms with Crippen LogP contribution in [-0.2, 0) is 0 Å². The van der Waals surface area contributed by atoms with Crippen LogP contribution >= 0.6 is 0 Å². The van der Waals surface area contributed by atoms with Gasteiger partial charge in [-0.15, -0.1) is 0 Å². The summed E-state index contributed by atoms with van der Waals surface area (Å²) in [5.74, 6) is 0.292. The number of hydrogen-bond acceptors (Lipinski definition) is 2. The molecule has 1 atom stereocenters. The number of aryl methyl sites for hydroxylation is 1. The van der Waals surface area contributed by atoms with Crippen LogP contribution in [0.5, 0.6) is 11.5 Å². The Balaban J connectivity index is 2.36. The van der Waals surface area contributed by atoms with Crippen molar-refractivity contribution in [2.45, 2.75) is 26.4 Å². The van der Waals surface area contributed by atoms with Gasteiger partial charge in [0.1, 0.15) is 5.75 Å². The zero-order chi connectivity index (χ0) is 13.8. The van der Waals surface area contributed by atoms with E-state index in [1.54, 1.807) is 43.3 Å². The van der Waals surface area contributed by atoms with Gasteiger partial charge in [-0.05, 0) is 31.0 Å². The van der Waals surface area contributed by atoms with Crippen LogP contribution in [0.1, 0.15) is 30.6 Å². The SMILES string of the molecule is CC[C@H](O)c1ccccc1Oc1cccc(C)c1F. The Morgan fingerprint density at radius 3 is 2.53 bits per heavy atom. The average Bonchev–Trinajstić information content (AvgIpc) is 2.43. The minimum atomic E-state index is -0.607. The Bertz CT molecular complexity index is 566. The molecule has 2 aromatic rings. The first-order valence-corrected chi connectivity index (χ1v) is 6.33. The highest BCUT2D eigenvalue weighted by atomic mass is 19.1. The number of ether oxygens (including phenoxy) is 1. The first kappa shape index (κ1) is 13.6. The summed E-state index contributed by atoms with van der Waals surface area (Å²) in [7, 11) is 0. The fourth-order valence-corrected chi connectivity index (χ4v) is 1.89. The third kappa shape index (κ3) is 2.93. The van der Waals surface area contributed by atoms with Crippen LogP contribution < -0.4 is 4.74 Å². The summed E-state index contributed by atoms with van der Waals surface area (Å²) < 4.78 is 19.5. The van der Waals surface area contributed by atoms with E-state index in [9.17, 15) is 9.50 Å². The zero-order valence-electron chi connectivity index (χ0n) is 11.1. The molecule has 0 saturated heterocycles. The van der Waals surface area contributed by atoms with Crippen molar-refractivity contribution in [2.24, 2.45) is 0 Å². The number of rotatable bonds is 4. The molecule has 0 spiro atoms. The summed E-state index contributed by atoms with van der Waals surface area (Å²) in [5.41, 5.74) is 1.21. The summed E-state index contributed by atoms with van der Waals surface area (Å²) in [6.45, 7) is 3.57. The van der Waals surface area contributed by atoms with E-state index in [-0.39, 0.29) is 11.6 Å². The summed E-state index contributed by atoms with van der Waals surface area (Å²) in [5, 5.41) is 9.94. The van der Waals surface area contributed by atoms with E-state index in [1.165, 1.54) is 0 Å². The van der Waals surface area contributed by atoms with Gasteiger partial charge in [-0.25, -0.2) is 4.39 Å². The van der Waals surface area contributed by atoms with Crippen LogP contribution in [-0.4, -0.2) is 5.11 Å². The molecule has 0 aliphatic heterocycles. The molecule has 0 saturated carbocycles. The molecule has 100 valence electrons. The van der Waals surface area contributed by atoms with Gasteiger partial charge in [-0.2, -0.15) is 0 Å². The van der Waals surface area contributed by atoms with E-state index in [0.29, 0.717) is 23.3 Å². The van der Waals surface area contributed by atoms with E-state index in [1.807, 2.05) is 13.0 Å². The topological polar surface area (TPSA) is 29.5 Å². The van der Waals surface area contributed by atoms with Crippen molar-refractivity contribution in [3.63, 3.8) is 0 Å². The number of para-hydroxylation sites is 1. The van der Waals surface area contributed by atoms with Gasteiger partial charge in [0, 0.05) is 5.56 Å². The number of benzene rings is 2. The van der Waals surface area contributed by atoms with Gasteiger partial charge in [-0.1, -0.05) is 37.3 Å². The molecule has 2 nitrogen and oxygen atoms in total. The molecule has 0 heterocycles. The zero-order valence-corrected chi connectivity index (χ0v) is 11.1. The predicted octanol–water partition coefficient (Wildman–Crippen LogP) is 4.37. The maximum Gasteiger partial charge on any atom is 0.168 e. The molecule has 0 aliphatic rings. The van der Waals surface area contributed by atoms with Crippen LogP contribution in [0.25, 0.3) is 0 Å². The van der Waals surface area contributed by atoms with Crippen LogP contribution in [0, 0.1) is 12.7 Å². The van der Waals surface area contributed by atoms with Gasteiger partial charge in [0.15, 0.2) is 11.6 Å². The molecule has 0 aliphatic carbocycles. The van der Waals surface area contributed by atoms with Gasteiger partial charge in [0.2, 0.25) is 0 Å². The van der Waals surface area contributed by atoms with E-state index in [0.717, 1.165) is 0 Å². The van der Waals surface area contributed by atoms with E-state index in [2.05, 4.69) is 0 Å². The molecular weight excluding hydrogens is 243 g/mol. The number of hydrogen-bond donors (Lipinski definition) is 1. The van der Waals surface area contributed by atoms with Gasteiger partial charge < -0.3 is 9.84 Å². The first-order valence-electron chi connectivity index (χ1n) is 6.33. The van der Waals surface area contributed by atoms with E-state index >= 15 is 0 Å². The maximum absolute atomic E-state index is 13.9. The van der Waals surface area contributed by atoms with Crippen molar-refractivity contribution < 1.29 is 14.2 Å². The van der Waals surface area contributed by atoms with Crippen LogP contribution in [0.4, 0.5) is 4.39 Å². The first-order chi connectivity index (χ1) is 9.13. The Hall–Kier alpha value is -1.87. The second kappa shape index (κ2) is 5.85. The summed E-state index contributed by atoms with van der Waals surface area (Å²) in [6.07, 6.45) is -0.0273. The van der Waals surface area contributed by atoms with Crippen LogP contribution in [0.15, 0.2) is 42.5 Å². The molecule has 1 N–H and O–H groups in total. The third-order valence-electron chi connectivity index (χ3n) is 3.04. The lowest BCUT2D eigenvalue weighted by Crippen LogP contribution is -1.99. The monoisotopic (exact) mass is 260 g/mol. The fourth-order valence-electron chi connectivity index (χ4n) is 1.89. The van der Waals surface area contributed by atoms with Crippen molar-refractivity contribution in [1.82, 2.24) is 0 Å². The normalized spacial score (nSPS) is 12.2. The Labute approximate surface area is 112 Å².